The Morgan fingerprint density at radius 3 is 2.82 bits per heavy atom. The lowest BCUT2D eigenvalue weighted by Crippen LogP contribution is -2.48. The van der Waals surface area contributed by atoms with Crippen molar-refractivity contribution in [2.75, 3.05) is 19.6 Å². The minimum atomic E-state index is -0.489. The predicted molar refractivity (Wildman–Crippen MR) is 66.9 cm³/mol. The molecule has 0 spiro atoms. The highest BCUT2D eigenvalue weighted by molar-refractivity contribution is 7.13. The van der Waals surface area contributed by atoms with Crippen LogP contribution in [0.4, 0.5) is 5.00 Å². The molecule has 0 bridgehead atoms. The van der Waals surface area contributed by atoms with Crippen LogP contribution in [0.1, 0.15) is 10.4 Å². The number of nitro groups is 1. The highest BCUT2D eigenvalue weighted by Crippen LogP contribution is 2.22. The molecule has 94 valence electrons. The van der Waals surface area contributed by atoms with Crippen molar-refractivity contribution in [3.05, 3.63) is 27.1 Å². The van der Waals surface area contributed by atoms with Gasteiger partial charge < -0.3 is 10.6 Å². The number of hydrogen-bond donors (Lipinski definition) is 2. The molecule has 17 heavy (non-hydrogen) atoms. The first kappa shape index (κ1) is 13.9. The Labute approximate surface area is 108 Å². The monoisotopic (exact) mass is 277 g/mol. The lowest BCUT2D eigenvalue weighted by atomic mass is 10.0. The average Bonchev–Trinajstić information content (AvgIpc) is 2.63. The molecule has 2 rings (SSSR count). The summed E-state index contributed by atoms with van der Waals surface area (Å²) in [5.41, 5.74) is 0.365. The van der Waals surface area contributed by atoms with E-state index in [1.165, 1.54) is 11.4 Å². The van der Waals surface area contributed by atoms with Crippen LogP contribution in [0.3, 0.4) is 0 Å². The molecule has 1 aromatic heterocycles. The lowest BCUT2D eigenvalue weighted by molar-refractivity contribution is -0.380. The van der Waals surface area contributed by atoms with Crippen molar-refractivity contribution in [2.24, 2.45) is 5.92 Å². The van der Waals surface area contributed by atoms with E-state index in [0.717, 1.165) is 24.4 Å². The first-order valence-corrected chi connectivity index (χ1v) is 5.76. The van der Waals surface area contributed by atoms with Crippen molar-refractivity contribution in [1.29, 1.82) is 0 Å². The van der Waals surface area contributed by atoms with Gasteiger partial charge in [0, 0.05) is 37.0 Å². The number of nitrogens with zero attached hydrogens (tertiary/aromatic N) is 1. The third-order valence-electron chi connectivity index (χ3n) is 2.45. The van der Waals surface area contributed by atoms with Gasteiger partial charge in [0.2, 0.25) is 0 Å². The molecule has 0 aromatic carbocycles. The van der Waals surface area contributed by atoms with Crippen LogP contribution in [-0.2, 0) is 0 Å². The summed E-state index contributed by atoms with van der Waals surface area (Å²) in [6.45, 7) is 2.46. The Kier molecular flexibility index (Phi) is 4.86. The highest BCUT2D eigenvalue weighted by Gasteiger charge is 2.19. The van der Waals surface area contributed by atoms with E-state index in [1.807, 2.05) is 0 Å². The molecule has 6 nitrogen and oxygen atoms in total. The maximum Gasteiger partial charge on any atom is 0.324 e. The molecular weight excluding hydrogens is 266 g/mol. The van der Waals surface area contributed by atoms with Gasteiger partial charge in [0.1, 0.15) is 0 Å². The first-order valence-electron chi connectivity index (χ1n) is 4.88. The quantitative estimate of drug-likeness (QED) is 0.636. The van der Waals surface area contributed by atoms with Crippen LogP contribution in [0.5, 0.6) is 0 Å². The molecule has 0 unspecified atom stereocenters. The van der Waals surface area contributed by atoms with E-state index < -0.39 is 4.92 Å². The van der Waals surface area contributed by atoms with E-state index in [1.54, 1.807) is 0 Å². The number of carbonyl (C=O) groups excluding carboxylic acids is 1. The zero-order valence-corrected chi connectivity index (χ0v) is 10.5. The van der Waals surface area contributed by atoms with Crippen molar-refractivity contribution >= 4 is 34.7 Å². The molecule has 2 heterocycles. The maximum atomic E-state index is 11.6. The summed E-state index contributed by atoms with van der Waals surface area (Å²) in [6.07, 6.45) is 0. The predicted octanol–water partition coefficient (Wildman–Crippen LogP) is 1.03. The second kappa shape index (κ2) is 5.95. The molecule has 0 saturated carbocycles. The van der Waals surface area contributed by atoms with E-state index >= 15 is 0 Å². The zero-order chi connectivity index (χ0) is 11.5. The lowest BCUT2D eigenvalue weighted by Gasteiger charge is -2.26. The molecule has 8 heteroatoms. The van der Waals surface area contributed by atoms with Crippen molar-refractivity contribution in [3.8, 4) is 0 Å². The van der Waals surface area contributed by atoms with E-state index in [9.17, 15) is 14.9 Å². The second-order valence-electron chi connectivity index (χ2n) is 3.67. The van der Waals surface area contributed by atoms with Gasteiger partial charge in [-0.1, -0.05) is 11.3 Å². The minimum absolute atomic E-state index is 0. The smallest absolute Gasteiger partial charge is 0.324 e. The number of rotatable bonds is 4. The van der Waals surface area contributed by atoms with Gasteiger partial charge in [-0.05, 0) is 0 Å². The summed E-state index contributed by atoms with van der Waals surface area (Å²) in [5, 5.41) is 17.8. The number of thiophene rings is 1. The van der Waals surface area contributed by atoms with E-state index in [2.05, 4.69) is 10.6 Å². The molecule has 1 aliphatic heterocycles. The number of carbonyl (C=O) groups is 1. The molecular formula is C9H12ClN3O3S. The van der Waals surface area contributed by atoms with Gasteiger partial charge in [-0.15, -0.1) is 12.4 Å². The Bertz CT molecular complexity index is 419. The largest absolute Gasteiger partial charge is 0.352 e. The molecule has 0 aliphatic carbocycles. The van der Waals surface area contributed by atoms with Crippen LogP contribution < -0.4 is 10.6 Å². The summed E-state index contributed by atoms with van der Waals surface area (Å²) < 4.78 is 0. The van der Waals surface area contributed by atoms with Crippen molar-refractivity contribution in [1.82, 2.24) is 10.6 Å². The SMILES string of the molecule is Cl.O=C(NCC1CNC1)c1csc([N+](=O)[O-])c1. The molecule has 1 aromatic rings. The molecule has 1 amide bonds. The fourth-order valence-corrected chi connectivity index (χ4v) is 2.08. The van der Waals surface area contributed by atoms with E-state index in [4.69, 9.17) is 0 Å². The molecule has 0 atom stereocenters. The van der Waals surface area contributed by atoms with Crippen LogP contribution in [0, 0.1) is 16.0 Å². The fraction of sp³-hybridized carbons (Fsp3) is 0.444. The second-order valence-corrected chi connectivity index (χ2v) is 4.55. The van der Waals surface area contributed by atoms with Crippen LogP contribution in [0.2, 0.25) is 0 Å². The maximum absolute atomic E-state index is 11.6. The van der Waals surface area contributed by atoms with Gasteiger partial charge >= 0.3 is 5.00 Å². The van der Waals surface area contributed by atoms with Crippen LogP contribution in [0.25, 0.3) is 0 Å². The number of halogens is 1. The summed E-state index contributed by atoms with van der Waals surface area (Å²) in [7, 11) is 0. The van der Waals surface area contributed by atoms with Gasteiger partial charge in [-0.3, -0.25) is 14.9 Å². The van der Waals surface area contributed by atoms with Gasteiger partial charge in [0.05, 0.1) is 10.5 Å². The van der Waals surface area contributed by atoms with Crippen LogP contribution in [-0.4, -0.2) is 30.5 Å². The Hall–Kier alpha value is -1.18. The number of hydrogen-bond acceptors (Lipinski definition) is 5. The highest BCUT2D eigenvalue weighted by atomic mass is 35.5. The minimum Gasteiger partial charge on any atom is -0.352 e. The van der Waals surface area contributed by atoms with Gasteiger partial charge in [-0.2, -0.15) is 0 Å². The molecule has 1 saturated heterocycles. The van der Waals surface area contributed by atoms with Crippen LogP contribution >= 0.6 is 23.7 Å². The normalized spacial score (nSPS) is 14.6. The third-order valence-corrected chi connectivity index (χ3v) is 3.33. The Balaban J connectivity index is 0.00000144. The van der Waals surface area contributed by atoms with E-state index in [0.29, 0.717) is 18.0 Å². The molecule has 1 fully saturated rings. The average molecular weight is 278 g/mol. The standard InChI is InChI=1S/C9H11N3O3S.ClH/c13-9(11-4-6-2-10-3-6)7-1-8(12(14)15)16-5-7;/h1,5-6,10H,2-4H2,(H,11,13);1H. The van der Waals surface area contributed by atoms with Gasteiger partial charge in [0.25, 0.3) is 5.91 Å². The zero-order valence-electron chi connectivity index (χ0n) is 8.84. The summed E-state index contributed by atoms with van der Waals surface area (Å²) in [6, 6.07) is 1.30. The Morgan fingerprint density at radius 1 is 1.65 bits per heavy atom. The summed E-state index contributed by atoms with van der Waals surface area (Å²) in [4.78, 5) is 21.5. The van der Waals surface area contributed by atoms with Crippen LogP contribution in [0.15, 0.2) is 11.4 Å². The number of nitrogens with one attached hydrogen (secondary N) is 2. The third kappa shape index (κ3) is 3.39. The summed E-state index contributed by atoms with van der Waals surface area (Å²) in [5.74, 6) is 0.244. The van der Waals surface area contributed by atoms with Crippen molar-refractivity contribution in [3.63, 3.8) is 0 Å². The first-order chi connectivity index (χ1) is 7.66. The Morgan fingerprint density at radius 2 is 2.35 bits per heavy atom. The van der Waals surface area contributed by atoms with Gasteiger partial charge in [0.15, 0.2) is 0 Å². The molecule has 1 aliphatic rings. The van der Waals surface area contributed by atoms with Crippen molar-refractivity contribution in [2.45, 2.75) is 0 Å². The van der Waals surface area contributed by atoms with Gasteiger partial charge in [-0.25, -0.2) is 0 Å². The van der Waals surface area contributed by atoms with E-state index in [-0.39, 0.29) is 23.3 Å². The topological polar surface area (TPSA) is 84.3 Å². The molecule has 0 radical (unpaired) electrons. The molecule has 2 N–H and O–H groups in total. The summed E-state index contributed by atoms with van der Waals surface area (Å²) >= 11 is 0.968. The van der Waals surface area contributed by atoms with Crippen molar-refractivity contribution < 1.29 is 9.72 Å². The number of amides is 1. The fourth-order valence-electron chi connectivity index (χ4n) is 1.37.